The second-order valence-electron chi connectivity index (χ2n) is 5.17. The number of nitro benzene ring substituents is 1. The number of nitro groups is 1. The monoisotopic (exact) mass is 343 g/mol. The van der Waals surface area contributed by atoms with Gasteiger partial charge in [0, 0.05) is 11.8 Å². The lowest BCUT2D eigenvalue weighted by Crippen LogP contribution is -2.21. The maximum atomic E-state index is 11.9. The summed E-state index contributed by atoms with van der Waals surface area (Å²) in [6.45, 7) is 1.45. The van der Waals surface area contributed by atoms with Crippen LogP contribution in [0.15, 0.2) is 42.5 Å². The Morgan fingerprint density at radius 1 is 1.24 bits per heavy atom. The van der Waals surface area contributed by atoms with E-state index in [1.165, 1.54) is 12.1 Å². The highest BCUT2D eigenvalue weighted by atomic mass is 16.6. The number of amides is 1. The average Bonchev–Trinajstić information content (AvgIpc) is 2.60. The molecule has 0 aliphatic carbocycles. The zero-order valence-corrected chi connectivity index (χ0v) is 13.5. The van der Waals surface area contributed by atoms with Gasteiger partial charge >= 0.3 is 5.97 Å². The van der Waals surface area contributed by atoms with Gasteiger partial charge < -0.3 is 15.8 Å². The largest absolute Gasteiger partial charge is 0.452 e. The fraction of sp³-hybridized carbons (Fsp3) is 0.176. The fourth-order valence-electron chi connectivity index (χ4n) is 2.18. The summed E-state index contributed by atoms with van der Waals surface area (Å²) in [4.78, 5) is 34.0. The molecule has 2 aromatic rings. The molecule has 130 valence electrons. The first kappa shape index (κ1) is 17.9. The van der Waals surface area contributed by atoms with Gasteiger partial charge in [0.05, 0.1) is 10.5 Å². The summed E-state index contributed by atoms with van der Waals surface area (Å²) in [5.41, 5.74) is 6.56. The SMILES string of the molecule is CCc1ccccc1NC(=O)COC(=O)c1ccc(N)c([N+](=O)[O-])c1. The van der Waals surface area contributed by atoms with E-state index in [-0.39, 0.29) is 11.3 Å². The first-order valence-electron chi connectivity index (χ1n) is 7.51. The predicted molar refractivity (Wildman–Crippen MR) is 92.2 cm³/mol. The van der Waals surface area contributed by atoms with Crippen molar-refractivity contribution in [2.24, 2.45) is 0 Å². The molecule has 0 spiro atoms. The van der Waals surface area contributed by atoms with Gasteiger partial charge in [-0.2, -0.15) is 0 Å². The molecule has 8 nitrogen and oxygen atoms in total. The molecule has 0 aliphatic rings. The molecule has 0 bridgehead atoms. The van der Waals surface area contributed by atoms with Crippen LogP contribution >= 0.6 is 0 Å². The zero-order chi connectivity index (χ0) is 18.4. The maximum Gasteiger partial charge on any atom is 0.338 e. The van der Waals surface area contributed by atoms with Gasteiger partial charge in [-0.25, -0.2) is 4.79 Å². The number of hydrogen-bond donors (Lipinski definition) is 2. The highest BCUT2D eigenvalue weighted by Crippen LogP contribution is 2.22. The second-order valence-corrected chi connectivity index (χ2v) is 5.17. The number of ether oxygens (including phenoxy) is 1. The van der Waals surface area contributed by atoms with E-state index in [1.807, 2.05) is 19.1 Å². The molecule has 3 N–H and O–H groups in total. The van der Waals surface area contributed by atoms with Crippen LogP contribution in [0.3, 0.4) is 0 Å². The molecule has 0 atom stereocenters. The van der Waals surface area contributed by atoms with Crippen molar-refractivity contribution < 1.29 is 19.2 Å². The number of aryl methyl sites for hydroxylation is 1. The molecule has 8 heteroatoms. The molecule has 0 saturated heterocycles. The van der Waals surface area contributed by atoms with E-state index < -0.39 is 29.1 Å². The van der Waals surface area contributed by atoms with Crippen molar-refractivity contribution >= 4 is 28.9 Å². The average molecular weight is 343 g/mol. The highest BCUT2D eigenvalue weighted by Gasteiger charge is 2.17. The first-order valence-corrected chi connectivity index (χ1v) is 7.51. The number of nitrogens with one attached hydrogen (secondary N) is 1. The molecule has 0 heterocycles. The minimum atomic E-state index is -0.845. The topological polar surface area (TPSA) is 125 Å². The molecular weight excluding hydrogens is 326 g/mol. The molecule has 0 unspecified atom stereocenters. The minimum absolute atomic E-state index is 0.0531. The normalized spacial score (nSPS) is 10.1. The van der Waals surface area contributed by atoms with E-state index in [1.54, 1.807) is 12.1 Å². The maximum absolute atomic E-state index is 11.9. The van der Waals surface area contributed by atoms with Gasteiger partial charge in [-0.1, -0.05) is 25.1 Å². The number of anilines is 2. The van der Waals surface area contributed by atoms with Crippen LogP contribution in [0.2, 0.25) is 0 Å². The van der Waals surface area contributed by atoms with E-state index in [4.69, 9.17) is 10.5 Å². The Balaban J connectivity index is 1.99. The number of para-hydroxylation sites is 1. The van der Waals surface area contributed by atoms with E-state index in [9.17, 15) is 19.7 Å². The molecule has 1 amide bonds. The van der Waals surface area contributed by atoms with Crippen LogP contribution in [-0.2, 0) is 16.0 Å². The summed E-state index contributed by atoms with van der Waals surface area (Å²) in [5.74, 6) is -1.35. The Morgan fingerprint density at radius 2 is 1.96 bits per heavy atom. The van der Waals surface area contributed by atoms with Crippen molar-refractivity contribution in [3.63, 3.8) is 0 Å². The third-order valence-electron chi connectivity index (χ3n) is 3.47. The highest BCUT2D eigenvalue weighted by molar-refractivity contribution is 5.96. The lowest BCUT2D eigenvalue weighted by atomic mass is 10.1. The van der Waals surface area contributed by atoms with Crippen molar-refractivity contribution in [3.05, 3.63) is 63.7 Å². The van der Waals surface area contributed by atoms with Gasteiger partial charge in [0.15, 0.2) is 6.61 Å². The third-order valence-corrected chi connectivity index (χ3v) is 3.47. The zero-order valence-electron chi connectivity index (χ0n) is 13.5. The number of hydrogen-bond acceptors (Lipinski definition) is 6. The van der Waals surface area contributed by atoms with Crippen LogP contribution in [0.1, 0.15) is 22.8 Å². The molecule has 0 aliphatic heterocycles. The summed E-state index contributed by atoms with van der Waals surface area (Å²) in [6, 6.07) is 10.8. The Labute approximate surface area is 143 Å². The number of nitrogens with zero attached hydrogens (tertiary/aromatic N) is 1. The quantitative estimate of drug-likeness (QED) is 0.359. The van der Waals surface area contributed by atoms with Crippen LogP contribution in [0.25, 0.3) is 0 Å². The van der Waals surface area contributed by atoms with Gasteiger partial charge in [-0.3, -0.25) is 14.9 Å². The van der Waals surface area contributed by atoms with Gasteiger partial charge in [0.1, 0.15) is 5.69 Å². The van der Waals surface area contributed by atoms with Gasteiger partial charge in [0.2, 0.25) is 0 Å². The minimum Gasteiger partial charge on any atom is -0.452 e. The predicted octanol–water partition coefficient (Wildman–Crippen LogP) is 2.53. The van der Waals surface area contributed by atoms with Crippen LogP contribution in [0.4, 0.5) is 17.1 Å². The molecule has 0 fully saturated rings. The van der Waals surface area contributed by atoms with Crippen LogP contribution in [0.5, 0.6) is 0 Å². The summed E-state index contributed by atoms with van der Waals surface area (Å²) in [7, 11) is 0. The molecule has 0 aromatic heterocycles. The number of esters is 1. The van der Waals surface area contributed by atoms with Crippen LogP contribution in [0, 0.1) is 10.1 Å². The van der Waals surface area contributed by atoms with E-state index >= 15 is 0 Å². The summed E-state index contributed by atoms with van der Waals surface area (Å²) >= 11 is 0. The van der Waals surface area contributed by atoms with Crippen LogP contribution < -0.4 is 11.1 Å². The van der Waals surface area contributed by atoms with Crippen molar-refractivity contribution in [1.29, 1.82) is 0 Å². The smallest absolute Gasteiger partial charge is 0.338 e. The van der Waals surface area contributed by atoms with Crippen molar-refractivity contribution in [2.75, 3.05) is 17.7 Å². The van der Waals surface area contributed by atoms with Gasteiger partial charge in [-0.05, 0) is 30.2 Å². The van der Waals surface area contributed by atoms with E-state index in [0.717, 1.165) is 18.1 Å². The molecule has 0 saturated carbocycles. The number of rotatable bonds is 6. The van der Waals surface area contributed by atoms with Crippen molar-refractivity contribution in [3.8, 4) is 0 Å². The van der Waals surface area contributed by atoms with Crippen LogP contribution in [-0.4, -0.2) is 23.4 Å². The van der Waals surface area contributed by atoms with E-state index in [0.29, 0.717) is 5.69 Å². The molecule has 0 radical (unpaired) electrons. The Hall–Kier alpha value is -3.42. The lowest BCUT2D eigenvalue weighted by Gasteiger charge is -2.10. The molecule has 25 heavy (non-hydrogen) atoms. The van der Waals surface area contributed by atoms with Crippen molar-refractivity contribution in [2.45, 2.75) is 13.3 Å². The lowest BCUT2D eigenvalue weighted by molar-refractivity contribution is -0.383. The fourth-order valence-corrected chi connectivity index (χ4v) is 2.18. The third kappa shape index (κ3) is 4.54. The second kappa shape index (κ2) is 7.91. The molecular formula is C17H17N3O5. The number of carbonyl (C=O) groups is 2. The standard InChI is InChI=1S/C17H17N3O5/c1-2-11-5-3-4-6-14(11)19-16(21)10-25-17(22)12-7-8-13(18)15(9-12)20(23)24/h3-9H,2,10,18H2,1H3,(H,19,21). The van der Waals surface area contributed by atoms with Gasteiger partial charge in [-0.15, -0.1) is 0 Å². The van der Waals surface area contributed by atoms with Gasteiger partial charge in [0.25, 0.3) is 11.6 Å². The Morgan fingerprint density at radius 3 is 2.64 bits per heavy atom. The first-order chi connectivity index (χ1) is 11.9. The number of carbonyl (C=O) groups excluding carboxylic acids is 2. The summed E-state index contributed by atoms with van der Waals surface area (Å²) in [5, 5.41) is 13.5. The Kier molecular flexibility index (Phi) is 5.67. The number of nitrogens with two attached hydrogens (primary N) is 1. The number of nitrogen functional groups attached to an aromatic ring is 1. The number of benzene rings is 2. The molecule has 2 rings (SSSR count). The van der Waals surface area contributed by atoms with Crippen molar-refractivity contribution in [1.82, 2.24) is 0 Å². The summed E-state index contributed by atoms with van der Waals surface area (Å²) < 4.78 is 4.90. The van der Waals surface area contributed by atoms with E-state index in [2.05, 4.69) is 5.32 Å². The summed E-state index contributed by atoms with van der Waals surface area (Å²) in [6.07, 6.45) is 0.741. The molecule has 2 aromatic carbocycles. The Bertz CT molecular complexity index is 820.